The summed E-state index contributed by atoms with van der Waals surface area (Å²) in [6.45, 7) is 6.55. The van der Waals surface area contributed by atoms with Gasteiger partial charge in [-0.3, -0.25) is 9.59 Å². The zero-order valence-corrected chi connectivity index (χ0v) is 18.0. The largest absolute Gasteiger partial charge is 0.368 e. The standard InChI is InChI=1S/C22H23Cl2N3O2/c1-22(2)18-13-16(24)5-8-19(18)27(21(22)29)14-20(28)26-11-9-25(10-12-26)17-6-3-15(23)4-7-17/h3-8,13H,9-12,14H2,1-2H3. The molecule has 1 fully saturated rings. The molecule has 152 valence electrons. The van der Waals surface area contributed by atoms with Gasteiger partial charge in [0.25, 0.3) is 0 Å². The van der Waals surface area contributed by atoms with Gasteiger partial charge in [0.1, 0.15) is 6.54 Å². The van der Waals surface area contributed by atoms with E-state index in [1.807, 2.05) is 55.1 Å². The SMILES string of the molecule is CC1(C)C(=O)N(CC(=O)N2CCN(c3ccc(Cl)cc3)CC2)c2ccc(Cl)cc21. The van der Waals surface area contributed by atoms with E-state index in [-0.39, 0.29) is 18.4 Å². The summed E-state index contributed by atoms with van der Waals surface area (Å²) in [7, 11) is 0. The monoisotopic (exact) mass is 431 g/mol. The number of piperazine rings is 1. The molecule has 1 saturated heterocycles. The van der Waals surface area contributed by atoms with Crippen LogP contribution in [0.15, 0.2) is 42.5 Å². The van der Waals surface area contributed by atoms with Crippen LogP contribution in [-0.2, 0) is 15.0 Å². The minimum atomic E-state index is -0.687. The maximum Gasteiger partial charge on any atom is 0.242 e. The molecule has 0 radical (unpaired) electrons. The van der Waals surface area contributed by atoms with Gasteiger partial charge in [-0.15, -0.1) is 0 Å². The zero-order chi connectivity index (χ0) is 20.8. The van der Waals surface area contributed by atoms with Gasteiger partial charge in [0.2, 0.25) is 11.8 Å². The van der Waals surface area contributed by atoms with E-state index in [0.29, 0.717) is 23.1 Å². The van der Waals surface area contributed by atoms with Crippen molar-refractivity contribution in [3.05, 3.63) is 58.1 Å². The van der Waals surface area contributed by atoms with Gasteiger partial charge < -0.3 is 14.7 Å². The van der Waals surface area contributed by atoms with Crippen LogP contribution in [0.25, 0.3) is 0 Å². The number of anilines is 2. The van der Waals surface area contributed by atoms with Crippen LogP contribution in [0.1, 0.15) is 19.4 Å². The molecule has 2 amide bonds. The van der Waals surface area contributed by atoms with Crippen LogP contribution in [-0.4, -0.2) is 49.4 Å². The molecule has 2 aliphatic heterocycles. The van der Waals surface area contributed by atoms with Crippen molar-refractivity contribution in [3.8, 4) is 0 Å². The quantitative estimate of drug-likeness (QED) is 0.738. The lowest BCUT2D eigenvalue weighted by atomic mass is 9.86. The summed E-state index contributed by atoms with van der Waals surface area (Å²) in [4.78, 5) is 31.6. The number of amides is 2. The molecule has 0 atom stereocenters. The molecule has 2 heterocycles. The lowest BCUT2D eigenvalue weighted by Crippen LogP contribution is -2.52. The molecule has 0 aromatic heterocycles. The number of rotatable bonds is 3. The molecule has 0 bridgehead atoms. The Bertz CT molecular complexity index is 951. The predicted molar refractivity (Wildman–Crippen MR) is 117 cm³/mol. The van der Waals surface area contributed by atoms with E-state index in [1.54, 1.807) is 11.0 Å². The number of halogens is 2. The van der Waals surface area contributed by atoms with Gasteiger partial charge in [-0.1, -0.05) is 23.2 Å². The minimum Gasteiger partial charge on any atom is -0.368 e. The number of carbonyl (C=O) groups excluding carboxylic acids is 2. The summed E-state index contributed by atoms with van der Waals surface area (Å²) in [5.41, 5.74) is 2.06. The summed E-state index contributed by atoms with van der Waals surface area (Å²) >= 11 is 12.1. The molecular formula is C22H23Cl2N3O2. The van der Waals surface area contributed by atoms with Crippen molar-refractivity contribution < 1.29 is 9.59 Å². The predicted octanol–water partition coefficient (Wildman–Crippen LogP) is 3.97. The van der Waals surface area contributed by atoms with Gasteiger partial charge in [0.05, 0.1) is 5.41 Å². The van der Waals surface area contributed by atoms with Gasteiger partial charge in [0.15, 0.2) is 0 Å². The normalized spacial score (nSPS) is 18.2. The smallest absolute Gasteiger partial charge is 0.242 e. The third kappa shape index (κ3) is 3.69. The van der Waals surface area contributed by atoms with Crippen molar-refractivity contribution in [1.82, 2.24) is 4.90 Å². The van der Waals surface area contributed by atoms with Crippen LogP contribution in [0.3, 0.4) is 0 Å². The first-order valence-electron chi connectivity index (χ1n) is 9.67. The average Bonchev–Trinajstić information content (AvgIpc) is 2.89. The van der Waals surface area contributed by atoms with E-state index in [0.717, 1.165) is 30.0 Å². The van der Waals surface area contributed by atoms with Crippen molar-refractivity contribution in [1.29, 1.82) is 0 Å². The third-order valence-corrected chi connectivity index (χ3v) is 6.31. The van der Waals surface area contributed by atoms with Crippen molar-refractivity contribution >= 4 is 46.4 Å². The van der Waals surface area contributed by atoms with E-state index >= 15 is 0 Å². The second kappa shape index (κ2) is 7.54. The molecule has 0 unspecified atom stereocenters. The number of hydrogen-bond donors (Lipinski definition) is 0. The summed E-state index contributed by atoms with van der Waals surface area (Å²) in [5, 5.41) is 1.30. The van der Waals surface area contributed by atoms with E-state index < -0.39 is 5.41 Å². The molecule has 5 nitrogen and oxygen atoms in total. The van der Waals surface area contributed by atoms with Crippen LogP contribution in [0, 0.1) is 0 Å². The average molecular weight is 432 g/mol. The maximum absolute atomic E-state index is 13.0. The topological polar surface area (TPSA) is 43.9 Å². The molecular weight excluding hydrogens is 409 g/mol. The second-order valence-corrected chi connectivity index (χ2v) is 8.89. The number of fused-ring (bicyclic) bond motifs is 1. The molecule has 2 aliphatic rings. The van der Waals surface area contributed by atoms with E-state index in [2.05, 4.69) is 4.90 Å². The van der Waals surface area contributed by atoms with E-state index in [9.17, 15) is 9.59 Å². The highest BCUT2D eigenvalue weighted by atomic mass is 35.5. The fourth-order valence-corrected chi connectivity index (χ4v) is 4.36. The van der Waals surface area contributed by atoms with Crippen molar-refractivity contribution in [2.75, 3.05) is 42.5 Å². The van der Waals surface area contributed by atoms with Gasteiger partial charge in [-0.2, -0.15) is 0 Å². The van der Waals surface area contributed by atoms with Crippen molar-refractivity contribution in [2.24, 2.45) is 0 Å². The van der Waals surface area contributed by atoms with Gasteiger partial charge in [-0.25, -0.2) is 0 Å². The van der Waals surface area contributed by atoms with Crippen LogP contribution in [0.2, 0.25) is 10.0 Å². The molecule has 2 aromatic rings. The first kappa shape index (κ1) is 20.0. The molecule has 2 aromatic carbocycles. The molecule has 0 aliphatic carbocycles. The molecule has 0 saturated carbocycles. The Morgan fingerprint density at radius 3 is 2.24 bits per heavy atom. The zero-order valence-electron chi connectivity index (χ0n) is 16.5. The Balaban J connectivity index is 1.43. The molecule has 7 heteroatoms. The molecule has 0 N–H and O–H groups in total. The Labute approximate surface area is 180 Å². The van der Waals surface area contributed by atoms with Gasteiger partial charge in [-0.05, 0) is 61.9 Å². The van der Waals surface area contributed by atoms with Gasteiger partial charge >= 0.3 is 0 Å². The van der Waals surface area contributed by atoms with E-state index in [1.165, 1.54) is 0 Å². The van der Waals surface area contributed by atoms with Crippen molar-refractivity contribution in [3.63, 3.8) is 0 Å². The fraction of sp³-hybridized carbons (Fsp3) is 0.364. The second-order valence-electron chi connectivity index (χ2n) is 8.02. The lowest BCUT2D eigenvalue weighted by Gasteiger charge is -2.36. The Morgan fingerprint density at radius 2 is 1.59 bits per heavy atom. The van der Waals surface area contributed by atoms with Crippen molar-refractivity contribution in [2.45, 2.75) is 19.3 Å². The first-order valence-corrected chi connectivity index (χ1v) is 10.4. The summed E-state index contributed by atoms with van der Waals surface area (Å²) in [6.07, 6.45) is 0. The lowest BCUT2D eigenvalue weighted by molar-refractivity contribution is -0.132. The van der Waals surface area contributed by atoms with E-state index in [4.69, 9.17) is 23.2 Å². The number of hydrogen-bond acceptors (Lipinski definition) is 3. The molecule has 29 heavy (non-hydrogen) atoms. The van der Waals surface area contributed by atoms with Crippen LogP contribution in [0.5, 0.6) is 0 Å². The Hall–Kier alpha value is -2.24. The van der Waals surface area contributed by atoms with Gasteiger partial charge in [0, 0.05) is 47.6 Å². The number of nitrogens with zero attached hydrogens (tertiary/aromatic N) is 3. The third-order valence-electron chi connectivity index (χ3n) is 5.82. The molecule has 4 rings (SSSR count). The highest BCUT2D eigenvalue weighted by Crippen LogP contribution is 2.42. The van der Waals surface area contributed by atoms with Crippen LogP contribution < -0.4 is 9.80 Å². The Morgan fingerprint density at radius 1 is 0.966 bits per heavy atom. The highest BCUT2D eigenvalue weighted by molar-refractivity contribution is 6.31. The Kier molecular flexibility index (Phi) is 5.21. The minimum absolute atomic E-state index is 0.0345. The first-order chi connectivity index (χ1) is 13.8. The summed E-state index contributed by atoms with van der Waals surface area (Å²) in [6, 6.07) is 13.1. The fourth-order valence-electron chi connectivity index (χ4n) is 4.06. The highest BCUT2D eigenvalue weighted by Gasteiger charge is 2.44. The summed E-state index contributed by atoms with van der Waals surface area (Å²) < 4.78 is 0. The number of benzene rings is 2. The summed E-state index contributed by atoms with van der Waals surface area (Å²) in [5.74, 6) is -0.101. The molecule has 0 spiro atoms. The number of carbonyl (C=O) groups is 2. The van der Waals surface area contributed by atoms with Crippen LogP contribution in [0.4, 0.5) is 11.4 Å². The van der Waals surface area contributed by atoms with Crippen LogP contribution >= 0.6 is 23.2 Å². The maximum atomic E-state index is 13.0.